The van der Waals surface area contributed by atoms with Gasteiger partial charge in [-0.3, -0.25) is 4.79 Å². The fourth-order valence-electron chi connectivity index (χ4n) is 2.61. The maximum absolute atomic E-state index is 12.2. The van der Waals surface area contributed by atoms with Crippen LogP contribution in [-0.2, 0) is 20.7 Å². The third kappa shape index (κ3) is 4.96. The quantitative estimate of drug-likeness (QED) is 0.733. The van der Waals surface area contributed by atoms with E-state index in [2.05, 4.69) is 0 Å². The number of nitriles is 1. The van der Waals surface area contributed by atoms with Crippen LogP contribution in [0.3, 0.4) is 0 Å². The lowest BCUT2D eigenvalue weighted by Crippen LogP contribution is -2.51. The molecular weight excluding hydrogens is 338 g/mol. The molecule has 0 N–H and O–H groups in total. The summed E-state index contributed by atoms with van der Waals surface area (Å²) in [6, 6.07) is 8.64. The Hall–Kier alpha value is -3.08. The number of nitrogens with zero attached hydrogens (tertiary/aromatic N) is 3. The van der Waals surface area contributed by atoms with E-state index in [1.165, 1.54) is 4.90 Å². The number of piperazine rings is 1. The van der Waals surface area contributed by atoms with Gasteiger partial charge in [-0.15, -0.1) is 0 Å². The van der Waals surface area contributed by atoms with Gasteiger partial charge in [-0.25, -0.2) is 9.59 Å². The third-order valence-corrected chi connectivity index (χ3v) is 3.99. The SMILES string of the molecule is CCOC(=O)N1CCN(C(=O)COC(=O)c2ccccc2CC#N)CC1. The monoisotopic (exact) mass is 359 g/mol. The van der Waals surface area contributed by atoms with Crippen molar-refractivity contribution >= 4 is 18.0 Å². The van der Waals surface area contributed by atoms with E-state index in [0.29, 0.717) is 38.3 Å². The van der Waals surface area contributed by atoms with Crippen molar-refractivity contribution in [3.63, 3.8) is 0 Å². The standard InChI is InChI=1S/C18H21N3O5/c1-2-25-18(24)21-11-9-20(10-12-21)16(22)13-26-17(23)15-6-4-3-5-14(15)7-8-19/h3-6H,2,7,9-13H2,1H3. The van der Waals surface area contributed by atoms with Gasteiger partial charge in [-0.05, 0) is 18.6 Å². The second-order valence-electron chi connectivity index (χ2n) is 5.63. The molecule has 0 aliphatic carbocycles. The van der Waals surface area contributed by atoms with E-state index in [1.807, 2.05) is 6.07 Å². The Kier molecular flexibility index (Phi) is 6.97. The molecule has 0 spiro atoms. The number of carbonyl (C=O) groups excluding carboxylic acids is 3. The highest BCUT2D eigenvalue weighted by molar-refractivity contribution is 5.92. The third-order valence-electron chi connectivity index (χ3n) is 3.99. The smallest absolute Gasteiger partial charge is 0.409 e. The van der Waals surface area contributed by atoms with Crippen molar-refractivity contribution in [1.82, 2.24) is 9.80 Å². The van der Waals surface area contributed by atoms with E-state index in [1.54, 1.807) is 36.1 Å². The van der Waals surface area contributed by atoms with Crippen LogP contribution in [0.2, 0.25) is 0 Å². The number of ether oxygens (including phenoxy) is 2. The zero-order valence-corrected chi connectivity index (χ0v) is 14.6. The minimum absolute atomic E-state index is 0.0923. The number of hydrogen-bond donors (Lipinski definition) is 0. The Balaban J connectivity index is 1.83. The molecule has 138 valence electrons. The lowest BCUT2D eigenvalue weighted by molar-refractivity contribution is -0.136. The summed E-state index contributed by atoms with van der Waals surface area (Å²) >= 11 is 0. The molecule has 8 heteroatoms. The summed E-state index contributed by atoms with van der Waals surface area (Å²) in [5.41, 5.74) is 0.851. The zero-order valence-electron chi connectivity index (χ0n) is 14.6. The maximum atomic E-state index is 12.2. The van der Waals surface area contributed by atoms with Crippen LogP contribution in [0.1, 0.15) is 22.8 Å². The molecule has 2 rings (SSSR count). The first-order valence-corrected chi connectivity index (χ1v) is 8.38. The van der Waals surface area contributed by atoms with Crippen LogP contribution in [0.5, 0.6) is 0 Å². The van der Waals surface area contributed by atoms with Crippen molar-refractivity contribution in [3.05, 3.63) is 35.4 Å². The van der Waals surface area contributed by atoms with Crippen molar-refractivity contribution in [2.75, 3.05) is 39.4 Å². The minimum atomic E-state index is -0.630. The summed E-state index contributed by atoms with van der Waals surface area (Å²) in [7, 11) is 0. The van der Waals surface area contributed by atoms with E-state index in [-0.39, 0.29) is 30.6 Å². The van der Waals surface area contributed by atoms with E-state index >= 15 is 0 Å². The van der Waals surface area contributed by atoms with Gasteiger partial charge in [-0.1, -0.05) is 18.2 Å². The summed E-state index contributed by atoms with van der Waals surface area (Å²) in [5, 5.41) is 8.81. The van der Waals surface area contributed by atoms with Gasteiger partial charge >= 0.3 is 12.1 Å². The van der Waals surface area contributed by atoms with Crippen LogP contribution >= 0.6 is 0 Å². The van der Waals surface area contributed by atoms with Gasteiger partial charge in [-0.2, -0.15) is 5.26 Å². The Bertz CT molecular complexity index is 705. The fraction of sp³-hybridized carbons (Fsp3) is 0.444. The van der Waals surface area contributed by atoms with Gasteiger partial charge in [0, 0.05) is 26.2 Å². The van der Waals surface area contributed by atoms with Crippen LogP contribution < -0.4 is 0 Å². The van der Waals surface area contributed by atoms with E-state index < -0.39 is 5.97 Å². The number of benzene rings is 1. The topological polar surface area (TPSA) is 99.9 Å². The summed E-state index contributed by atoms with van der Waals surface area (Å²) in [5.74, 6) is -0.950. The molecule has 1 aromatic carbocycles. The predicted octanol–water partition coefficient (Wildman–Crippen LogP) is 1.21. The average Bonchev–Trinajstić information content (AvgIpc) is 2.67. The Morgan fingerprint density at radius 1 is 1.08 bits per heavy atom. The van der Waals surface area contributed by atoms with Crippen molar-refractivity contribution < 1.29 is 23.9 Å². The second kappa shape index (κ2) is 9.42. The van der Waals surface area contributed by atoms with E-state index in [4.69, 9.17) is 14.7 Å². The summed E-state index contributed by atoms with van der Waals surface area (Å²) in [6.07, 6.45) is -0.296. The maximum Gasteiger partial charge on any atom is 0.409 e. The zero-order chi connectivity index (χ0) is 18.9. The number of carbonyl (C=O) groups is 3. The van der Waals surface area contributed by atoms with Gasteiger partial charge < -0.3 is 19.3 Å². The van der Waals surface area contributed by atoms with E-state index in [9.17, 15) is 14.4 Å². The van der Waals surface area contributed by atoms with Crippen LogP contribution in [-0.4, -0.2) is 67.2 Å². The largest absolute Gasteiger partial charge is 0.452 e. The molecule has 1 aliphatic rings. The number of esters is 1. The van der Waals surface area contributed by atoms with Gasteiger partial charge in [0.15, 0.2) is 6.61 Å². The Morgan fingerprint density at radius 2 is 1.73 bits per heavy atom. The normalized spacial score (nSPS) is 13.7. The van der Waals surface area contributed by atoms with Crippen molar-refractivity contribution in [3.8, 4) is 6.07 Å². The van der Waals surface area contributed by atoms with E-state index in [0.717, 1.165) is 0 Å². The van der Waals surface area contributed by atoms with Gasteiger partial charge in [0.1, 0.15) is 0 Å². The molecule has 0 radical (unpaired) electrons. The molecule has 0 unspecified atom stereocenters. The molecular formula is C18H21N3O5. The highest BCUT2D eigenvalue weighted by Crippen LogP contribution is 2.11. The van der Waals surface area contributed by atoms with Crippen LogP contribution in [0.15, 0.2) is 24.3 Å². The van der Waals surface area contributed by atoms with Crippen molar-refractivity contribution in [2.45, 2.75) is 13.3 Å². The minimum Gasteiger partial charge on any atom is -0.452 e. The number of hydrogen-bond acceptors (Lipinski definition) is 6. The molecule has 26 heavy (non-hydrogen) atoms. The van der Waals surface area contributed by atoms with Crippen LogP contribution in [0.25, 0.3) is 0 Å². The highest BCUT2D eigenvalue weighted by Gasteiger charge is 2.25. The summed E-state index contributed by atoms with van der Waals surface area (Å²) in [4.78, 5) is 39.1. The van der Waals surface area contributed by atoms with Gasteiger partial charge in [0.2, 0.25) is 0 Å². The van der Waals surface area contributed by atoms with Gasteiger partial charge in [0.05, 0.1) is 24.7 Å². The molecule has 0 saturated carbocycles. The number of amides is 2. The first kappa shape index (κ1) is 19.2. The molecule has 0 bridgehead atoms. The molecule has 2 amide bonds. The lowest BCUT2D eigenvalue weighted by atomic mass is 10.1. The highest BCUT2D eigenvalue weighted by atomic mass is 16.6. The molecule has 8 nitrogen and oxygen atoms in total. The second-order valence-corrected chi connectivity index (χ2v) is 5.63. The fourth-order valence-corrected chi connectivity index (χ4v) is 2.61. The molecule has 1 fully saturated rings. The molecule has 0 aromatic heterocycles. The van der Waals surface area contributed by atoms with Crippen molar-refractivity contribution in [1.29, 1.82) is 5.26 Å². The Labute approximate surface area is 151 Å². The molecule has 0 atom stereocenters. The summed E-state index contributed by atoms with van der Waals surface area (Å²) in [6.45, 7) is 3.15. The average molecular weight is 359 g/mol. The Morgan fingerprint density at radius 3 is 2.38 bits per heavy atom. The molecule has 1 aliphatic heterocycles. The molecule has 1 aromatic rings. The van der Waals surface area contributed by atoms with Crippen LogP contribution in [0, 0.1) is 11.3 Å². The predicted molar refractivity (Wildman–Crippen MR) is 91.2 cm³/mol. The molecule has 1 heterocycles. The molecule has 1 saturated heterocycles. The summed E-state index contributed by atoms with van der Waals surface area (Å²) < 4.78 is 10.0. The van der Waals surface area contributed by atoms with Crippen molar-refractivity contribution in [2.24, 2.45) is 0 Å². The lowest BCUT2D eigenvalue weighted by Gasteiger charge is -2.33. The number of rotatable bonds is 5. The van der Waals surface area contributed by atoms with Crippen LogP contribution in [0.4, 0.5) is 4.79 Å². The first-order chi connectivity index (χ1) is 12.6. The first-order valence-electron chi connectivity index (χ1n) is 8.38. The van der Waals surface area contributed by atoms with Gasteiger partial charge in [0.25, 0.3) is 5.91 Å².